The summed E-state index contributed by atoms with van der Waals surface area (Å²) in [6, 6.07) is 7.01. The Morgan fingerprint density at radius 3 is 2.94 bits per heavy atom. The Morgan fingerprint density at radius 1 is 1.28 bits per heavy atom. The first kappa shape index (κ1) is 10.6. The molecule has 0 bridgehead atoms. The predicted molar refractivity (Wildman–Crippen MR) is 68.7 cm³/mol. The summed E-state index contributed by atoms with van der Waals surface area (Å²) in [5.74, 6) is 1.31. The number of pyridine rings is 1. The summed E-state index contributed by atoms with van der Waals surface area (Å²) in [6.45, 7) is 0. The molecule has 0 aliphatic heterocycles. The summed E-state index contributed by atoms with van der Waals surface area (Å²) in [6.07, 6.45) is 3.23. The topological polar surface area (TPSA) is 70.8 Å². The summed E-state index contributed by atoms with van der Waals surface area (Å²) in [5.41, 5.74) is 2.09. The molecule has 0 spiro atoms. The van der Waals surface area contributed by atoms with Gasteiger partial charge < -0.3 is 14.7 Å². The third kappa shape index (κ3) is 1.66. The van der Waals surface area contributed by atoms with Crippen molar-refractivity contribution in [2.24, 2.45) is 0 Å². The fraction of sp³-hybridized carbons (Fsp3) is 0.0769. The molecule has 0 unspecified atom stereocenters. The number of fused-ring (bicyclic) bond motifs is 1. The molecule has 5 heteroatoms. The van der Waals surface area contributed by atoms with Gasteiger partial charge in [0.1, 0.15) is 11.6 Å². The van der Waals surface area contributed by atoms with Gasteiger partial charge in [-0.25, -0.2) is 4.98 Å². The summed E-state index contributed by atoms with van der Waals surface area (Å²) in [5, 5.41) is 0. The summed E-state index contributed by atoms with van der Waals surface area (Å²) in [4.78, 5) is 22.1. The van der Waals surface area contributed by atoms with Crippen molar-refractivity contribution >= 4 is 11.0 Å². The Balaban J connectivity index is 2.20. The lowest BCUT2D eigenvalue weighted by atomic mass is 10.2. The van der Waals surface area contributed by atoms with Crippen molar-refractivity contribution in [3.05, 3.63) is 46.9 Å². The van der Waals surface area contributed by atoms with Crippen LogP contribution in [-0.4, -0.2) is 22.1 Å². The van der Waals surface area contributed by atoms with E-state index in [9.17, 15) is 4.79 Å². The van der Waals surface area contributed by atoms with Gasteiger partial charge in [-0.1, -0.05) is 0 Å². The maximum Gasteiger partial charge on any atom is 0.192 e. The van der Waals surface area contributed by atoms with Gasteiger partial charge in [-0.2, -0.15) is 0 Å². The van der Waals surface area contributed by atoms with Crippen molar-refractivity contribution in [2.45, 2.75) is 0 Å². The van der Waals surface area contributed by atoms with Crippen LogP contribution in [0.15, 0.2) is 41.5 Å². The SMILES string of the molecule is COc1ccc2nc(-c3c[nH]ccc3=O)[nH]c2c1. The summed E-state index contributed by atoms with van der Waals surface area (Å²) in [7, 11) is 1.61. The first-order valence-electron chi connectivity index (χ1n) is 5.49. The number of nitrogens with zero attached hydrogens (tertiary/aromatic N) is 1. The largest absolute Gasteiger partial charge is 0.497 e. The Hall–Kier alpha value is -2.56. The number of benzene rings is 1. The minimum absolute atomic E-state index is 0.0697. The van der Waals surface area contributed by atoms with E-state index in [1.807, 2.05) is 18.2 Å². The van der Waals surface area contributed by atoms with Gasteiger partial charge in [0.25, 0.3) is 0 Å². The molecule has 90 valence electrons. The fourth-order valence-corrected chi connectivity index (χ4v) is 1.84. The molecule has 3 rings (SSSR count). The van der Waals surface area contributed by atoms with E-state index in [4.69, 9.17) is 4.74 Å². The molecule has 0 saturated carbocycles. The number of aromatic nitrogens is 3. The number of rotatable bonds is 2. The third-order valence-electron chi connectivity index (χ3n) is 2.77. The lowest BCUT2D eigenvalue weighted by Crippen LogP contribution is -2.03. The predicted octanol–water partition coefficient (Wildman–Crippen LogP) is 1.93. The second-order valence-electron chi connectivity index (χ2n) is 3.89. The molecule has 5 nitrogen and oxygen atoms in total. The van der Waals surface area contributed by atoms with E-state index in [-0.39, 0.29) is 5.43 Å². The fourth-order valence-electron chi connectivity index (χ4n) is 1.84. The van der Waals surface area contributed by atoms with Crippen molar-refractivity contribution in [2.75, 3.05) is 7.11 Å². The van der Waals surface area contributed by atoms with Crippen LogP contribution in [0.5, 0.6) is 5.75 Å². The van der Waals surface area contributed by atoms with Gasteiger partial charge >= 0.3 is 0 Å². The van der Waals surface area contributed by atoms with Gasteiger partial charge in [0.2, 0.25) is 0 Å². The van der Waals surface area contributed by atoms with Gasteiger partial charge in [0, 0.05) is 24.5 Å². The van der Waals surface area contributed by atoms with E-state index in [0.717, 1.165) is 16.8 Å². The number of imidazole rings is 1. The number of nitrogens with one attached hydrogen (secondary N) is 2. The summed E-state index contributed by atoms with van der Waals surface area (Å²) >= 11 is 0. The molecule has 0 atom stereocenters. The van der Waals surface area contributed by atoms with E-state index < -0.39 is 0 Å². The van der Waals surface area contributed by atoms with Crippen LogP contribution in [0.25, 0.3) is 22.4 Å². The van der Waals surface area contributed by atoms with Gasteiger partial charge in [-0.15, -0.1) is 0 Å². The second kappa shape index (κ2) is 4.03. The lowest BCUT2D eigenvalue weighted by Gasteiger charge is -1.96. The average Bonchev–Trinajstić information content (AvgIpc) is 2.81. The van der Waals surface area contributed by atoms with E-state index in [2.05, 4.69) is 15.0 Å². The molecule has 0 amide bonds. The Morgan fingerprint density at radius 2 is 2.17 bits per heavy atom. The van der Waals surface area contributed by atoms with Crippen LogP contribution < -0.4 is 10.2 Å². The number of hydrogen-bond acceptors (Lipinski definition) is 3. The average molecular weight is 241 g/mol. The molecule has 2 aromatic heterocycles. The molecular formula is C13H11N3O2. The normalized spacial score (nSPS) is 10.7. The number of ether oxygens (including phenoxy) is 1. The monoisotopic (exact) mass is 241 g/mol. The minimum atomic E-state index is -0.0697. The number of aromatic amines is 2. The summed E-state index contributed by atoms with van der Waals surface area (Å²) < 4.78 is 5.15. The van der Waals surface area contributed by atoms with Gasteiger partial charge in [0.15, 0.2) is 5.43 Å². The molecule has 0 radical (unpaired) electrons. The molecule has 0 saturated heterocycles. The number of H-pyrrole nitrogens is 2. The highest BCUT2D eigenvalue weighted by Crippen LogP contribution is 2.21. The standard InChI is InChI=1S/C13H11N3O2/c1-18-8-2-3-10-11(6-8)16-13(15-10)9-7-14-5-4-12(9)17/h2-7H,1H3,(H,14,17)(H,15,16). The Kier molecular flexibility index (Phi) is 2.37. The molecule has 2 heterocycles. The zero-order valence-electron chi connectivity index (χ0n) is 9.73. The van der Waals surface area contributed by atoms with Crippen LogP contribution in [0.3, 0.4) is 0 Å². The maximum absolute atomic E-state index is 11.7. The first-order valence-corrected chi connectivity index (χ1v) is 5.49. The third-order valence-corrected chi connectivity index (χ3v) is 2.77. The van der Waals surface area contributed by atoms with E-state index in [1.54, 1.807) is 19.5 Å². The Labute approximate surface area is 102 Å². The van der Waals surface area contributed by atoms with Crippen LogP contribution in [0.2, 0.25) is 0 Å². The number of hydrogen-bond donors (Lipinski definition) is 2. The van der Waals surface area contributed by atoms with Gasteiger partial charge in [-0.05, 0) is 12.1 Å². The molecule has 0 aliphatic carbocycles. The smallest absolute Gasteiger partial charge is 0.192 e. The van der Waals surface area contributed by atoms with Gasteiger partial charge in [-0.3, -0.25) is 4.79 Å². The van der Waals surface area contributed by atoms with Crippen LogP contribution in [0.1, 0.15) is 0 Å². The molecule has 1 aromatic carbocycles. The molecule has 3 aromatic rings. The highest BCUT2D eigenvalue weighted by molar-refractivity contribution is 5.80. The van der Waals surface area contributed by atoms with Crippen LogP contribution in [-0.2, 0) is 0 Å². The Bertz CT molecular complexity index is 758. The number of methoxy groups -OCH3 is 1. The maximum atomic E-state index is 11.7. The highest BCUT2D eigenvalue weighted by atomic mass is 16.5. The highest BCUT2D eigenvalue weighted by Gasteiger charge is 2.08. The zero-order chi connectivity index (χ0) is 12.5. The van der Waals surface area contributed by atoms with Crippen LogP contribution in [0.4, 0.5) is 0 Å². The van der Waals surface area contributed by atoms with E-state index >= 15 is 0 Å². The minimum Gasteiger partial charge on any atom is -0.497 e. The van der Waals surface area contributed by atoms with Gasteiger partial charge in [0.05, 0.1) is 23.7 Å². The van der Waals surface area contributed by atoms with Crippen molar-refractivity contribution < 1.29 is 4.74 Å². The lowest BCUT2D eigenvalue weighted by molar-refractivity contribution is 0.415. The molecule has 0 fully saturated rings. The van der Waals surface area contributed by atoms with Crippen LogP contribution in [0, 0.1) is 0 Å². The first-order chi connectivity index (χ1) is 8.78. The van der Waals surface area contributed by atoms with E-state index in [0.29, 0.717) is 11.4 Å². The second-order valence-corrected chi connectivity index (χ2v) is 3.89. The molecular weight excluding hydrogens is 230 g/mol. The van der Waals surface area contributed by atoms with Crippen molar-refractivity contribution in [3.8, 4) is 17.1 Å². The molecule has 2 N–H and O–H groups in total. The van der Waals surface area contributed by atoms with Crippen molar-refractivity contribution in [3.63, 3.8) is 0 Å². The molecule has 18 heavy (non-hydrogen) atoms. The van der Waals surface area contributed by atoms with Crippen LogP contribution >= 0.6 is 0 Å². The van der Waals surface area contributed by atoms with Crippen molar-refractivity contribution in [1.29, 1.82) is 0 Å². The quantitative estimate of drug-likeness (QED) is 0.720. The molecule has 0 aliphatic rings. The zero-order valence-corrected chi connectivity index (χ0v) is 9.73. The van der Waals surface area contributed by atoms with E-state index in [1.165, 1.54) is 6.07 Å². The van der Waals surface area contributed by atoms with Crippen molar-refractivity contribution in [1.82, 2.24) is 15.0 Å².